The highest BCUT2D eigenvalue weighted by Gasteiger charge is 2.54. The van der Waals surface area contributed by atoms with Crippen molar-refractivity contribution in [1.82, 2.24) is 10.6 Å². The second-order valence-electron chi connectivity index (χ2n) is 6.08. The number of carbonyl (C=O) groups is 1. The fourth-order valence-corrected chi connectivity index (χ4v) is 4.33. The maximum atomic E-state index is 12.1. The molecule has 2 N–H and O–H groups in total. The predicted octanol–water partition coefficient (Wildman–Crippen LogP) is 2.17. The van der Waals surface area contributed by atoms with E-state index in [1.54, 1.807) is 11.3 Å². The summed E-state index contributed by atoms with van der Waals surface area (Å²) in [4.78, 5) is 14.6. The number of thiophene rings is 1. The van der Waals surface area contributed by atoms with Crippen LogP contribution in [0.1, 0.15) is 34.6 Å². The summed E-state index contributed by atoms with van der Waals surface area (Å²) >= 11 is 1.75. The molecule has 1 aromatic rings. The lowest BCUT2D eigenvalue weighted by Gasteiger charge is -2.23. The number of piperidine rings is 1. The predicted molar refractivity (Wildman–Crippen MR) is 78.6 cm³/mol. The summed E-state index contributed by atoms with van der Waals surface area (Å²) in [5, 5.41) is 6.63. The number of hydrogen-bond donors (Lipinski definition) is 2. The first-order chi connectivity index (χ1) is 9.09. The third kappa shape index (κ3) is 2.70. The molecule has 1 aliphatic heterocycles. The minimum atomic E-state index is 0.199. The van der Waals surface area contributed by atoms with Crippen molar-refractivity contribution < 1.29 is 4.79 Å². The molecule has 1 amide bonds. The lowest BCUT2D eigenvalue weighted by molar-refractivity contribution is -0.120. The highest BCUT2D eigenvalue weighted by molar-refractivity contribution is 7.12. The van der Waals surface area contributed by atoms with E-state index in [0.29, 0.717) is 17.9 Å². The van der Waals surface area contributed by atoms with E-state index >= 15 is 0 Å². The molecule has 1 saturated carbocycles. The Kier molecular flexibility index (Phi) is 3.39. The van der Waals surface area contributed by atoms with Gasteiger partial charge >= 0.3 is 0 Å². The van der Waals surface area contributed by atoms with Crippen LogP contribution in [0.25, 0.3) is 0 Å². The van der Waals surface area contributed by atoms with Gasteiger partial charge in [-0.3, -0.25) is 4.79 Å². The van der Waals surface area contributed by atoms with Gasteiger partial charge in [-0.25, -0.2) is 0 Å². The summed E-state index contributed by atoms with van der Waals surface area (Å²) in [5.41, 5.74) is 1.69. The summed E-state index contributed by atoms with van der Waals surface area (Å²) in [6, 6.07) is 2.60. The molecule has 3 rings (SSSR count). The van der Waals surface area contributed by atoms with Crippen LogP contribution in [0, 0.1) is 19.3 Å². The minimum absolute atomic E-state index is 0.199. The Labute approximate surface area is 118 Å². The molecule has 1 saturated heterocycles. The molecule has 0 radical (unpaired) electrons. The molecule has 1 atom stereocenters. The van der Waals surface area contributed by atoms with Crippen molar-refractivity contribution in [2.24, 2.45) is 5.41 Å². The maximum Gasteiger partial charge on any atom is 0.225 e. The standard InChI is InChI=1S/C15H22N2OS/c1-10-7-11(2)19-12(10)8-14(18)17-13-9-15(13)3-5-16-6-4-15/h7,13,16H,3-6,8-9H2,1-2H3,(H,17,18). The molecule has 0 aromatic carbocycles. The van der Waals surface area contributed by atoms with Gasteiger partial charge in [0.1, 0.15) is 0 Å². The summed E-state index contributed by atoms with van der Waals surface area (Å²) in [6.07, 6.45) is 4.17. The van der Waals surface area contributed by atoms with Crippen LogP contribution in [0.15, 0.2) is 6.07 Å². The molecule has 4 heteroatoms. The van der Waals surface area contributed by atoms with Gasteiger partial charge in [0.2, 0.25) is 5.91 Å². The Hall–Kier alpha value is -0.870. The van der Waals surface area contributed by atoms with Crippen LogP contribution in [0.5, 0.6) is 0 Å². The van der Waals surface area contributed by atoms with Gasteiger partial charge in [0.25, 0.3) is 0 Å². The van der Waals surface area contributed by atoms with Crippen molar-refractivity contribution in [3.8, 4) is 0 Å². The lowest BCUT2D eigenvalue weighted by atomic mass is 9.94. The van der Waals surface area contributed by atoms with Crippen LogP contribution in [0.2, 0.25) is 0 Å². The summed E-state index contributed by atoms with van der Waals surface area (Å²) in [6.45, 7) is 6.41. The van der Waals surface area contributed by atoms with E-state index in [2.05, 4.69) is 30.5 Å². The van der Waals surface area contributed by atoms with E-state index in [4.69, 9.17) is 0 Å². The van der Waals surface area contributed by atoms with Crippen LogP contribution >= 0.6 is 11.3 Å². The molecule has 2 aliphatic rings. The molecule has 1 aliphatic carbocycles. The summed E-state index contributed by atoms with van der Waals surface area (Å²) in [5.74, 6) is 0.199. The fraction of sp³-hybridized carbons (Fsp3) is 0.667. The zero-order valence-corrected chi connectivity index (χ0v) is 12.5. The highest BCUT2D eigenvalue weighted by Crippen LogP contribution is 2.52. The molecule has 104 valence electrons. The molecule has 1 unspecified atom stereocenters. The second-order valence-corrected chi connectivity index (χ2v) is 7.42. The van der Waals surface area contributed by atoms with E-state index in [-0.39, 0.29) is 5.91 Å². The molecule has 0 bridgehead atoms. The van der Waals surface area contributed by atoms with Crippen molar-refractivity contribution >= 4 is 17.2 Å². The van der Waals surface area contributed by atoms with E-state index in [0.717, 1.165) is 13.1 Å². The molecule has 2 heterocycles. The van der Waals surface area contributed by atoms with Gasteiger partial charge in [0.15, 0.2) is 0 Å². The lowest BCUT2D eigenvalue weighted by Crippen LogP contribution is -2.36. The SMILES string of the molecule is Cc1cc(C)c(CC(=O)NC2CC23CCNCC3)s1. The molecule has 19 heavy (non-hydrogen) atoms. The summed E-state index contributed by atoms with van der Waals surface area (Å²) < 4.78 is 0. The van der Waals surface area contributed by atoms with E-state index in [9.17, 15) is 4.79 Å². The first kappa shape index (κ1) is 13.1. The van der Waals surface area contributed by atoms with Crippen LogP contribution in [0.3, 0.4) is 0 Å². The Morgan fingerprint density at radius 2 is 2.21 bits per heavy atom. The average Bonchev–Trinajstić information content (AvgIpc) is 2.88. The summed E-state index contributed by atoms with van der Waals surface area (Å²) in [7, 11) is 0. The van der Waals surface area contributed by atoms with Gasteiger partial charge in [-0.1, -0.05) is 0 Å². The molecule has 3 nitrogen and oxygen atoms in total. The van der Waals surface area contributed by atoms with Gasteiger partial charge in [-0.05, 0) is 63.2 Å². The topological polar surface area (TPSA) is 41.1 Å². The van der Waals surface area contributed by atoms with E-state index in [1.165, 1.54) is 34.6 Å². The van der Waals surface area contributed by atoms with Crippen LogP contribution in [-0.4, -0.2) is 25.0 Å². The highest BCUT2D eigenvalue weighted by atomic mass is 32.1. The fourth-order valence-electron chi connectivity index (χ4n) is 3.29. The number of aryl methyl sites for hydroxylation is 2. The zero-order chi connectivity index (χ0) is 13.5. The Morgan fingerprint density at radius 1 is 1.47 bits per heavy atom. The average molecular weight is 278 g/mol. The van der Waals surface area contributed by atoms with Gasteiger partial charge < -0.3 is 10.6 Å². The number of nitrogens with one attached hydrogen (secondary N) is 2. The van der Waals surface area contributed by atoms with Crippen molar-refractivity contribution in [2.45, 2.75) is 45.6 Å². The van der Waals surface area contributed by atoms with Crippen molar-refractivity contribution in [1.29, 1.82) is 0 Å². The zero-order valence-electron chi connectivity index (χ0n) is 11.7. The third-order valence-electron chi connectivity index (χ3n) is 4.59. The Balaban J connectivity index is 1.54. The number of carbonyl (C=O) groups excluding carboxylic acids is 1. The maximum absolute atomic E-state index is 12.1. The normalized spacial score (nSPS) is 24.4. The van der Waals surface area contributed by atoms with Gasteiger partial charge in [-0.15, -0.1) is 11.3 Å². The van der Waals surface area contributed by atoms with Crippen LogP contribution in [-0.2, 0) is 11.2 Å². The Morgan fingerprint density at radius 3 is 2.84 bits per heavy atom. The van der Waals surface area contributed by atoms with Crippen LogP contribution in [0.4, 0.5) is 0 Å². The molecule has 1 spiro atoms. The minimum Gasteiger partial charge on any atom is -0.352 e. The largest absolute Gasteiger partial charge is 0.352 e. The van der Waals surface area contributed by atoms with Crippen molar-refractivity contribution in [3.63, 3.8) is 0 Å². The van der Waals surface area contributed by atoms with E-state index in [1.807, 2.05) is 0 Å². The van der Waals surface area contributed by atoms with Gasteiger partial charge in [0, 0.05) is 15.8 Å². The number of amides is 1. The molecule has 2 fully saturated rings. The van der Waals surface area contributed by atoms with Gasteiger partial charge in [-0.2, -0.15) is 0 Å². The molecular weight excluding hydrogens is 256 g/mol. The Bertz CT molecular complexity index is 488. The molecular formula is C15H22N2OS. The smallest absolute Gasteiger partial charge is 0.225 e. The first-order valence-corrected chi connectivity index (χ1v) is 7.97. The number of rotatable bonds is 3. The van der Waals surface area contributed by atoms with Crippen LogP contribution < -0.4 is 10.6 Å². The van der Waals surface area contributed by atoms with E-state index < -0.39 is 0 Å². The first-order valence-electron chi connectivity index (χ1n) is 7.15. The molecule has 1 aromatic heterocycles. The quantitative estimate of drug-likeness (QED) is 0.889. The van der Waals surface area contributed by atoms with Crippen molar-refractivity contribution in [3.05, 3.63) is 21.4 Å². The third-order valence-corrected chi connectivity index (χ3v) is 5.74. The number of hydrogen-bond acceptors (Lipinski definition) is 3. The monoisotopic (exact) mass is 278 g/mol. The second kappa shape index (κ2) is 4.91. The van der Waals surface area contributed by atoms with Crippen molar-refractivity contribution in [2.75, 3.05) is 13.1 Å². The van der Waals surface area contributed by atoms with Gasteiger partial charge in [0.05, 0.1) is 6.42 Å².